The molecule has 0 spiro atoms. The fourth-order valence-electron chi connectivity index (χ4n) is 4.33. The molecule has 29 heavy (non-hydrogen) atoms. The summed E-state index contributed by atoms with van der Waals surface area (Å²) in [6.07, 6.45) is 1.98. The number of likely N-dealkylation sites (tertiary alicyclic amines) is 1. The number of anilines is 1. The summed E-state index contributed by atoms with van der Waals surface area (Å²) >= 11 is 0. The van der Waals surface area contributed by atoms with Crippen molar-refractivity contribution in [3.05, 3.63) is 59.4 Å². The van der Waals surface area contributed by atoms with Crippen LogP contribution in [0.2, 0.25) is 0 Å². The van der Waals surface area contributed by atoms with E-state index in [4.69, 9.17) is 4.98 Å². The molecular formula is C24H30N4O. The Morgan fingerprint density at radius 3 is 2.83 bits per heavy atom. The number of hydrogen-bond acceptors (Lipinski definition) is 3. The Bertz CT molecular complexity index is 1020. The highest BCUT2D eigenvalue weighted by Crippen LogP contribution is 2.24. The zero-order valence-electron chi connectivity index (χ0n) is 17.6. The number of piperidine rings is 1. The van der Waals surface area contributed by atoms with E-state index in [0.717, 1.165) is 61.6 Å². The van der Waals surface area contributed by atoms with Gasteiger partial charge in [0.15, 0.2) is 0 Å². The summed E-state index contributed by atoms with van der Waals surface area (Å²) in [5.41, 5.74) is 5.51. The number of carbonyl (C=O) groups excluding carboxylic acids is 1. The van der Waals surface area contributed by atoms with Crippen molar-refractivity contribution in [2.45, 2.75) is 46.7 Å². The van der Waals surface area contributed by atoms with E-state index in [0.29, 0.717) is 0 Å². The molecule has 3 aromatic rings. The van der Waals surface area contributed by atoms with Crippen LogP contribution in [-0.2, 0) is 17.9 Å². The van der Waals surface area contributed by atoms with Gasteiger partial charge < -0.3 is 9.88 Å². The Balaban J connectivity index is 1.46. The van der Waals surface area contributed by atoms with Crippen LogP contribution >= 0.6 is 0 Å². The lowest BCUT2D eigenvalue weighted by molar-refractivity contribution is -0.121. The lowest BCUT2D eigenvalue weighted by Crippen LogP contribution is -2.40. The highest BCUT2D eigenvalue weighted by molar-refractivity contribution is 5.93. The third-order valence-electron chi connectivity index (χ3n) is 6.15. The van der Waals surface area contributed by atoms with Gasteiger partial charge in [-0.05, 0) is 69.5 Å². The number of benzene rings is 2. The first kappa shape index (κ1) is 19.6. The summed E-state index contributed by atoms with van der Waals surface area (Å²) in [4.78, 5) is 20.2. The minimum atomic E-state index is 0.0168. The molecule has 1 aromatic heterocycles. The number of fused-ring (bicyclic) bond motifs is 1. The normalized spacial score (nSPS) is 17.6. The monoisotopic (exact) mass is 390 g/mol. The van der Waals surface area contributed by atoms with E-state index in [-0.39, 0.29) is 11.8 Å². The molecule has 1 atom stereocenters. The standard InChI is InChI=1S/C24H30N4O/c1-4-28-22-13-6-5-11-21(22)25-23(28)16-27-14-8-10-19(15-27)24(29)26-20-12-7-9-17(2)18(20)3/h5-7,9,11-13,19H,4,8,10,14-16H2,1-3H3,(H,26,29)/t19-/m1/s1. The number of nitrogens with zero attached hydrogens (tertiary/aromatic N) is 3. The maximum Gasteiger partial charge on any atom is 0.228 e. The van der Waals surface area contributed by atoms with Crippen molar-refractivity contribution in [3.63, 3.8) is 0 Å². The van der Waals surface area contributed by atoms with Crippen LogP contribution in [0.3, 0.4) is 0 Å². The van der Waals surface area contributed by atoms with Gasteiger partial charge in [0.2, 0.25) is 5.91 Å². The van der Waals surface area contributed by atoms with Gasteiger partial charge in [0.05, 0.1) is 23.5 Å². The molecular weight excluding hydrogens is 360 g/mol. The highest BCUT2D eigenvalue weighted by atomic mass is 16.1. The molecule has 4 rings (SSSR count). The first-order valence-electron chi connectivity index (χ1n) is 10.6. The summed E-state index contributed by atoms with van der Waals surface area (Å²) in [5, 5.41) is 3.16. The van der Waals surface area contributed by atoms with Gasteiger partial charge in [-0.2, -0.15) is 0 Å². The second-order valence-corrected chi connectivity index (χ2v) is 8.07. The number of para-hydroxylation sites is 2. The van der Waals surface area contributed by atoms with Crippen LogP contribution in [0.15, 0.2) is 42.5 Å². The van der Waals surface area contributed by atoms with Crippen molar-refractivity contribution < 1.29 is 4.79 Å². The van der Waals surface area contributed by atoms with E-state index < -0.39 is 0 Å². The van der Waals surface area contributed by atoms with Gasteiger partial charge in [-0.1, -0.05) is 24.3 Å². The molecule has 1 amide bonds. The van der Waals surface area contributed by atoms with E-state index in [2.05, 4.69) is 59.8 Å². The minimum Gasteiger partial charge on any atom is -0.327 e. The number of carbonyl (C=O) groups is 1. The minimum absolute atomic E-state index is 0.0168. The van der Waals surface area contributed by atoms with Crippen molar-refractivity contribution in [1.29, 1.82) is 0 Å². The van der Waals surface area contributed by atoms with Gasteiger partial charge >= 0.3 is 0 Å². The summed E-state index contributed by atoms with van der Waals surface area (Å²) in [7, 11) is 0. The van der Waals surface area contributed by atoms with Gasteiger partial charge in [0, 0.05) is 18.8 Å². The molecule has 152 valence electrons. The fraction of sp³-hybridized carbons (Fsp3) is 0.417. The quantitative estimate of drug-likeness (QED) is 0.697. The topological polar surface area (TPSA) is 50.2 Å². The van der Waals surface area contributed by atoms with Crippen LogP contribution in [0.5, 0.6) is 0 Å². The van der Waals surface area contributed by atoms with Crippen molar-refractivity contribution in [3.8, 4) is 0 Å². The maximum atomic E-state index is 12.9. The lowest BCUT2D eigenvalue weighted by Gasteiger charge is -2.32. The summed E-state index contributed by atoms with van der Waals surface area (Å²) in [5.74, 6) is 1.24. The Labute approximate surface area is 172 Å². The number of aromatic nitrogens is 2. The molecule has 1 N–H and O–H groups in total. The van der Waals surface area contributed by atoms with Gasteiger partial charge in [-0.25, -0.2) is 4.98 Å². The number of rotatable bonds is 5. The molecule has 0 aliphatic carbocycles. The smallest absolute Gasteiger partial charge is 0.228 e. The van der Waals surface area contributed by atoms with E-state index in [1.54, 1.807) is 0 Å². The van der Waals surface area contributed by atoms with Crippen LogP contribution in [0.4, 0.5) is 5.69 Å². The number of imidazole rings is 1. The van der Waals surface area contributed by atoms with E-state index in [1.165, 1.54) is 11.1 Å². The molecule has 0 radical (unpaired) electrons. The fourth-order valence-corrected chi connectivity index (χ4v) is 4.33. The SMILES string of the molecule is CCn1c(CN2CCC[C@@H](C(=O)Nc3cccc(C)c3C)C2)nc2ccccc21. The molecule has 1 aliphatic rings. The first-order chi connectivity index (χ1) is 14.1. The molecule has 0 saturated carbocycles. The van der Waals surface area contributed by atoms with Crippen molar-refractivity contribution in [2.75, 3.05) is 18.4 Å². The molecule has 0 bridgehead atoms. The molecule has 5 nitrogen and oxygen atoms in total. The van der Waals surface area contributed by atoms with Crippen LogP contribution in [0, 0.1) is 19.8 Å². The van der Waals surface area contributed by atoms with E-state index in [9.17, 15) is 4.79 Å². The molecule has 1 fully saturated rings. The molecule has 2 aromatic carbocycles. The number of hydrogen-bond donors (Lipinski definition) is 1. The predicted octanol–water partition coefficient (Wildman–Crippen LogP) is 4.52. The number of aryl methyl sites for hydroxylation is 2. The first-order valence-corrected chi connectivity index (χ1v) is 10.6. The second kappa shape index (κ2) is 8.37. The molecule has 0 unspecified atom stereocenters. The number of amides is 1. The van der Waals surface area contributed by atoms with Gasteiger partial charge in [0.1, 0.15) is 5.82 Å². The lowest BCUT2D eigenvalue weighted by atomic mass is 9.96. The van der Waals surface area contributed by atoms with Crippen molar-refractivity contribution >= 4 is 22.6 Å². The molecule has 1 saturated heterocycles. The van der Waals surface area contributed by atoms with E-state index >= 15 is 0 Å². The Kier molecular flexibility index (Phi) is 5.67. The maximum absolute atomic E-state index is 12.9. The third kappa shape index (κ3) is 4.06. The van der Waals surface area contributed by atoms with E-state index in [1.807, 2.05) is 18.2 Å². The molecule has 2 heterocycles. The summed E-state index contributed by atoms with van der Waals surface area (Å²) in [6, 6.07) is 14.4. The number of nitrogens with one attached hydrogen (secondary N) is 1. The summed E-state index contributed by atoms with van der Waals surface area (Å²) < 4.78 is 2.29. The van der Waals surface area contributed by atoms with Crippen molar-refractivity contribution in [2.24, 2.45) is 5.92 Å². The average molecular weight is 391 g/mol. The summed E-state index contributed by atoms with van der Waals surface area (Å²) in [6.45, 7) is 9.79. The molecule has 5 heteroatoms. The second-order valence-electron chi connectivity index (χ2n) is 8.07. The zero-order chi connectivity index (χ0) is 20.4. The highest BCUT2D eigenvalue weighted by Gasteiger charge is 2.27. The molecule has 1 aliphatic heterocycles. The Morgan fingerprint density at radius 2 is 2.00 bits per heavy atom. The Hall–Kier alpha value is -2.66. The average Bonchev–Trinajstić information content (AvgIpc) is 3.08. The van der Waals surface area contributed by atoms with Crippen LogP contribution in [0.25, 0.3) is 11.0 Å². The largest absolute Gasteiger partial charge is 0.327 e. The van der Waals surface area contributed by atoms with Gasteiger partial charge in [-0.15, -0.1) is 0 Å². The van der Waals surface area contributed by atoms with Crippen LogP contribution < -0.4 is 5.32 Å². The van der Waals surface area contributed by atoms with Crippen LogP contribution in [0.1, 0.15) is 36.7 Å². The van der Waals surface area contributed by atoms with Crippen molar-refractivity contribution in [1.82, 2.24) is 14.5 Å². The van der Waals surface area contributed by atoms with Gasteiger partial charge in [0.25, 0.3) is 0 Å². The Morgan fingerprint density at radius 1 is 1.17 bits per heavy atom. The predicted molar refractivity (Wildman–Crippen MR) is 118 cm³/mol. The van der Waals surface area contributed by atoms with Gasteiger partial charge in [-0.3, -0.25) is 9.69 Å². The third-order valence-corrected chi connectivity index (χ3v) is 6.15. The van der Waals surface area contributed by atoms with Crippen LogP contribution in [-0.4, -0.2) is 33.4 Å². The zero-order valence-corrected chi connectivity index (χ0v) is 17.6.